The highest BCUT2D eigenvalue weighted by Gasteiger charge is 2.40. The lowest BCUT2D eigenvalue weighted by molar-refractivity contribution is -0.118. The van der Waals surface area contributed by atoms with Crippen LogP contribution in [0.5, 0.6) is 0 Å². The minimum atomic E-state index is -1.15. The number of benzene rings is 1. The normalized spacial score (nSPS) is 19.1. The first-order valence-corrected chi connectivity index (χ1v) is 8.52. The van der Waals surface area contributed by atoms with Gasteiger partial charge in [-0.1, -0.05) is 6.07 Å². The average molecular weight is 357 g/mol. The summed E-state index contributed by atoms with van der Waals surface area (Å²) in [4.78, 5) is 25.0. The van der Waals surface area contributed by atoms with Crippen LogP contribution in [0.15, 0.2) is 30.6 Å². The van der Waals surface area contributed by atoms with E-state index in [1.807, 2.05) is 24.4 Å². The van der Waals surface area contributed by atoms with Crippen molar-refractivity contribution >= 4 is 17.7 Å². The molecule has 1 unspecified atom stereocenters. The quantitative estimate of drug-likeness (QED) is 0.772. The molecule has 2 heterocycles. The number of hydrogen-bond acceptors (Lipinski definition) is 4. The Hall–Kier alpha value is -2.87. The smallest absolute Gasteiger partial charge is 0.406 e. The number of fused-ring (bicyclic) bond motifs is 1. The van der Waals surface area contributed by atoms with E-state index in [4.69, 9.17) is 10.8 Å². The van der Waals surface area contributed by atoms with Crippen LogP contribution >= 0.6 is 0 Å². The number of nitrogens with zero attached hydrogens (tertiary/aromatic N) is 3. The number of aromatic nitrogens is 2. The maximum absolute atomic E-state index is 12.3. The molecule has 8 nitrogen and oxygen atoms in total. The number of carbonyl (C=O) groups is 2. The van der Waals surface area contributed by atoms with Crippen molar-refractivity contribution in [2.24, 2.45) is 5.73 Å². The van der Waals surface area contributed by atoms with Crippen LogP contribution in [0, 0.1) is 0 Å². The van der Waals surface area contributed by atoms with Crippen molar-refractivity contribution in [3.63, 3.8) is 0 Å². The fraction of sp³-hybridized carbons (Fsp3) is 0.389. The molecule has 2 amide bonds. The van der Waals surface area contributed by atoms with Gasteiger partial charge in [-0.15, -0.1) is 0 Å². The van der Waals surface area contributed by atoms with Crippen LogP contribution in [0.1, 0.15) is 25.8 Å². The predicted molar refractivity (Wildman–Crippen MR) is 97.8 cm³/mol. The minimum absolute atomic E-state index is 0.203. The summed E-state index contributed by atoms with van der Waals surface area (Å²) in [6.45, 7) is 4.36. The van der Waals surface area contributed by atoms with Crippen molar-refractivity contribution in [1.82, 2.24) is 15.1 Å². The molecule has 138 valence electrons. The molecule has 4 N–H and O–H groups in total. The van der Waals surface area contributed by atoms with Crippen LogP contribution in [-0.2, 0) is 17.8 Å². The minimum Gasteiger partial charge on any atom is -0.465 e. The summed E-state index contributed by atoms with van der Waals surface area (Å²) < 4.78 is 1.80. The third-order valence-corrected chi connectivity index (χ3v) is 4.71. The molecular formula is C18H23N5O3. The van der Waals surface area contributed by atoms with Crippen LogP contribution in [0.2, 0.25) is 0 Å². The molecule has 0 saturated heterocycles. The second-order valence-electron chi connectivity index (χ2n) is 6.68. The number of rotatable bonds is 4. The Kier molecular flexibility index (Phi) is 4.69. The number of hydrogen-bond donors (Lipinski definition) is 3. The molecule has 2 aromatic rings. The third kappa shape index (κ3) is 3.28. The zero-order valence-electron chi connectivity index (χ0n) is 14.9. The van der Waals surface area contributed by atoms with Crippen molar-refractivity contribution in [2.75, 3.05) is 11.4 Å². The van der Waals surface area contributed by atoms with E-state index in [9.17, 15) is 9.59 Å². The van der Waals surface area contributed by atoms with Crippen LogP contribution in [0.4, 0.5) is 10.5 Å². The third-order valence-electron chi connectivity index (χ3n) is 4.71. The fourth-order valence-electron chi connectivity index (χ4n) is 3.57. The number of anilines is 1. The van der Waals surface area contributed by atoms with Gasteiger partial charge in [-0.2, -0.15) is 5.10 Å². The summed E-state index contributed by atoms with van der Waals surface area (Å²) in [5.74, 6) is -0.203. The van der Waals surface area contributed by atoms with Crippen LogP contribution < -0.4 is 16.0 Å². The Bertz CT molecular complexity index is 847. The first kappa shape index (κ1) is 17.9. The summed E-state index contributed by atoms with van der Waals surface area (Å²) in [5, 5.41) is 15.9. The lowest BCUT2D eigenvalue weighted by atomic mass is 9.90. The van der Waals surface area contributed by atoms with Crippen LogP contribution in [-0.4, -0.2) is 39.1 Å². The fourth-order valence-corrected chi connectivity index (χ4v) is 3.57. The Morgan fingerprint density at radius 2 is 2.15 bits per heavy atom. The Balaban J connectivity index is 1.97. The molecule has 0 aliphatic carbocycles. The molecule has 1 aliphatic rings. The number of carboxylic acid groups (broad SMARTS) is 1. The van der Waals surface area contributed by atoms with Crippen molar-refractivity contribution in [3.8, 4) is 11.1 Å². The van der Waals surface area contributed by atoms with E-state index in [-0.39, 0.29) is 5.91 Å². The number of amides is 2. The summed E-state index contributed by atoms with van der Waals surface area (Å²) in [7, 11) is 0. The first-order valence-electron chi connectivity index (χ1n) is 8.52. The standard InChI is InChI=1S/C18H23N5O3/c1-12(24)23-16-4-3-13(15-10-20-22(11-15)8-7-19)9-14(16)5-6-18(23,2)21-17(25)26/h3-4,9-11,21H,5-8,19H2,1-2H3,(H,25,26). The van der Waals surface area contributed by atoms with Gasteiger partial charge in [0, 0.05) is 30.9 Å². The van der Waals surface area contributed by atoms with Gasteiger partial charge in [-0.3, -0.25) is 19.7 Å². The van der Waals surface area contributed by atoms with Gasteiger partial charge in [0.05, 0.1) is 12.7 Å². The Morgan fingerprint density at radius 1 is 1.38 bits per heavy atom. The second kappa shape index (κ2) is 6.80. The molecule has 1 atom stereocenters. The van der Waals surface area contributed by atoms with Gasteiger partial charge in [0.15, 0.2) is 0 Å². The van der Waals surface area contributed by atoms with E-state index < -0.39 is 11.8 Å². The van der Waals surface area contributed by atoms with Gasteiger partial charge in [0.25, 0.3) is 0 Å². The molecule has 1 aromatic carbocycles. The zero-order valence-corrected chi connectivity index (χ0v) is 14.9. The van der Waals surface area contributed by atoms with E-state index >= 15 is 0 Å². The highest BCUT2D eigenvalue weighted by molar-refractivity contribution is 5.95. The van der Waals surface area contributed by atoms with Crippen molar-refractivity contribution in [1.29, 1.82) is 0 Å². The van der Waals surface area contributed by atoms with Gasteiger partial charge in [-0.05, 0) is 43.0 Å². The van der Waals surface area contributed by atoms with Crippen LogP contribution in [0.3, 0.4) is 0 Å². The highest BCUT2D eigenvalue weighted by atomic mass is 16.4. The molecule has 8 heteroatoms. The average Bonchev–Trinajstić information content (AvgIpc) is 3.02. The number of aryl methyl sites for hydroxylation is 1. The maximum atomic E-state index is 12.3. The molecule has 0 spiro atoms. The molecule has 1 aliphatic heterocycles. The van der Waals surface area contributed by atoms with Gasteiger partial charge in [0.1, 0.15) is 5.66 Å². The number of nitrogens with two attached hydrogens (primary N) is 1. The molecule has 0 radical (unpaired) electrons. The summed E-state index contributed by atoms with van der Waals surface area (Å²) in [5.41, 5.74) is 8.32. The van der Waals surface area contributed by atoms with Gasteiger partial charge in [0.2, 0.25) is 5.91 Å². The largest absolute Gasteiger partial charge is 0.465 e. The van der Waals surface area contributed by atoms with E-state index in [1.54, 1.807) is 17.8 Å². The van der Waals surface area contributed by atoms with E-state index in [0.717, 1.165) is 22.4 Å². The van der Waals surface area contributed by atoms with Gasteiger partial charge in [-0.25, -0.2) is 4.79 Å². The topological polar surface area (TPSA) is 113 Å². The number of carbonyl (C=O) groups excluding carboxylic acids is 1. The van der Waals surface area contributed by atoms with Gasteiger partial charge < -0.3 is 10.8 Å². The molecule has 1 aromatic heterocycles. The van der Waals surface area contributed by atoms with Crippen molar-refractivity contribution in [3.05, 3.63) is 36.2 Å². The SMILES string of the molecule is CC(=O)N1c2ccc(-c3cnn(CCN)c3)cc2CCC1(C)NC(=O)O. The highest BCUT2D eigenvalue weighted by Crippen LogP contribution is 2.38. The molecule has 0 fully saturated rings. The predicted octanol–water partition coefficient (Wildman–Crippen LogP) is 1.79. The number of nitrogens with one attached hydrogen (secondary N) is 1. The molecule has 0 saturated carbocycles. The Labute approximate surface area is 151 Å². The zero-order chi connectivity index (χ0) is 18.9. The van der Waals surface area contributed by atoms with E-state index in [0.29, 0.717) is 25.9 Å². The van der Waals surface area contributed by atoms with Crippen molar-refractivity contribution in [2.45, 2.75) is 38.9 Å². The van der Waals surface area contributed by atoms with E-state index in [2.05, 4.69) is 10.4 Å². The van der Waals surface area contributed by atoms with Gasteiger partial charge >= 0.3 is 6.09 Å². The monoisotopic (exact) mass is 357 g/mol. The van der Waals surface area contributed by atoms with E-state index in [1.165, 1.54) is 11.8 Å². The second-order valence-corrected chi connectivity index (χ2v) is 6.68. The molecular weight excluding hydrogens is 334 g/mol. The summed E-state index contributed by atoms with van der Waals surface area (Å²) in [6.07, 6.45) is 3.75. The summed E-state index contributed by atoms with van der Waals surface area (Å²) >= 11 is 0. The molecule has 0 bridgehead atoms. The maximum Gasteiger partial charge on any atom is 0.406 e. The first-order chi connectivity index (χ1) is 12.3. The van der Waals surface area contributed by atoms with Crippen LogP contribution in [0.25, 0.3) is 11.1 Å². The lowest BCUT2D eigenvalue weighted by Crippen LogP contribution is -2.62. The molecule has 3 rings (SSSR count). The Morgan fingerprint density at radius 3 is 2.81 bits per heavy atom. The van der Waals surface area contributed by atoms with Crippen molar-refractivity contribution < 1.29 is 14.7 Å². The lowest BCUT2D eigenvalue weighted by Gasteiger charge is -2.45. The summed E-state index contributed by atoms with van der Waals surface area (Å²) in [6, 6.07) is 5.83. The molecule has 26 heavy (non-hydrogen) atoms.